The molecule has 1 unspecified atom stereocenters. The van der Waals surface area contributed by atoms with Crippen molar-refractivity contribution in [2.75, 3.05) is 30.1 Å². The van der Waals surface area contributed by atoms with Gasteiger partial charge in [0.25, 0.3) is 0 Å². The van der Waals surface area contributed by atoms with Gasteiger partial charge in [-0.3, -0.25) is 14.4 Å². The van der Waals surface area contributed by atoms with Crippen molar-refractivity contribution >= 4 is 29.1 Å². The number of nitrogens with one attached hydrogen (secondary N) is 2. The summed E-state index contributed by atoms with van der Waals surface area (Å²) < 4.78 is 36.7. The van der Waals surface area contributed by atoms with E-state index in [9.17, 15) is 23.2 Å². The number of hydrogen-bond donors (Lipinski definition) is 2. The highest BCUT2D eigenvalue weighted by Crippen LogP contribution is 2.37. The summed E-state index contributed by atoms with van der Waals surface area (Å²) in [6.07, 6.45) is 0.00503. The summed E-state index contributed by atoms with van der Waals surface area (Å²) >= 11 is 0. The van der Waals surface area contributed by atoms with Crippen LogP contribution >= 0.6 is 0 Å². The third-order valence-electron chi connectivity index (χ3n) is 4.79. The smallest absolute Gasteiger partial charge is 0.243 e. The van der Waals surface area contributed by atoms with Crippen LogP contribution in [-0.2, 0) is 14.4 Å². The topological polar surface area (TPSA) is 97.0 Å². The molecule has 2 aromatic carbocycles. The molecule has 156 valence electrons. The van der Waals surface area contributed by atoms with E-state index >= 15 is 0 Å². The molecule has 2 aliphatic heterocycles. The summed E-state index contributed by atoms with van der Waals surface area (Å²) in [5.74, 6) is -2.91. The Morgan fingerprint density at radius 1 is 1.07 bits per heavy atom. The molecule has 2 heterocycles. The highest BCUT2D eigenvalue weighted by atomic mass is 19.2. The molecule has 0 saturated carbocycles. The monoisotopic (exact) mass is 417 g/mol. The van der Waals surface area contributed by atoms with Crippen LogP contribution in [0.3, 0.4) is 0 Å². The number of fused-ring (bicyclic) bond motifs is 1. The Morgan fingerprint density at radius 2 is 1.87 bits per heavy atom. The molecule has 1 atom stereocenters. The Hall–Kier alpha value is -3.69. The van der Waals surface area contributed by atoms with E-state index in [-0.39, 0.29) is 37.9 Å². The van der Waals surface area contributed by atoms with Crippen molar-refractivity contribution in [2.24, 2.45) is 5.92 Å². The predicted octanol–water partition coefficient (Wildman–Crippen LogP) is 1.80. The van der Waals surface area contributed by atoms with Crippen LogP contribution in [0.1, 0.15) is 6.42 Å². The van der Waals surface area contributed by atoms with Crippen molar-refractivity contribution in [2.45, 2.75) is 6.42 Å². The molecule has 1 saturated heterocycles. The van der Waals surface area contributed by atoms with E-state index in [0.29, 0.717) is 17.2 Å². The Morgan fingerprint density at radius 3 is 2.67 bits per heavy atom. The van der Waals surface area contributed by atoms with Gasteiger partial charge in [0.15, 0.2) is 23.1 Å². The van der Waals surface area contributed by atoms with Gasteiger partial charge in [0.1, 0.15) is 0 Å². The maximum Gasteiger partial charge on any atom is 0.243 e. The molecule has 2 aliphatic rings. The van der Waals surface area contributed by atoms with Crippen molar-refractivity contribution in [3.05, 3.63) is 48.0 Å². The van der Waals surface area contributed by atoms with Crippen molar-refractivity contribution in [3.8, 4) is 11.5 Å². The number of carbonyl (C=O) groups excluding carboxylic acids is 3. The number of amides is 3. The third-order valence-corrected chi connectivity index (χ3v) is 4.79. The predicted molar refractivity (Wildman–Crippen MR) is 101 cm³/mol. The normalized spacial score (nSPS) is 17.2. The molecule has 2 N–H and O–H groups in total. The molecular weight excluding hydrogens is 400 g/mol. The van der Waals surface area contributed by atoms with Gasteiger partial charge in [-0.2, -0.15) is 0 Å². The Labute approximate surface area is 169 Å². The number of hydrogen-bond acceptors (Lipinski definition) is 5. The zero-order chi connectivity index (χ0) is 21.3. The van der Waals surface area contributed by atoms with E-state index in [0.717, 1.165) is 12.1 Å². The van der Waals surface area contributed by atoms with Gasteiger partial charge in [0.05, 0.1) is 12.5 Å². The SMILES string of the molecule is O=C(CNC(=O)C1CC(=O)N(c2ccc3c(c2)OCO3)C1)Nc1ccc(F)c(F)c1. The molecule has 0 aliphatic carbocycles. The van der Waals surface area contributed by atoms with Gasteiger partial charge < -0.3 is 25.0 Å². The number of ether oxygens (including phenoxy) is 2. The van der Waals surface area contributed by atoms with Gasteiger partial charge in [-0.05, 0) is 24.3 Å². The first-order valence-electron chi connectivity index (χ1n) is 9.13. The molecule has 0 aromatic heterocycles. The molecule has 0 bridgehead atoms. The van der Waals surface area contributed by atoms with Crippen LogP contribution in [0, 0.1) is 17.6 Å². The highest BCUT2D eigenvalue weighted by Gasteiger charge is 2.35. The fraction of sp³-hybridized carbons (Fsp3) is 0.250. The molecular formula is C20H17F2N3O5. The molecule has 8 nitrogen and oxygen atoms in total. The molecule has 30 heavy (non-hydrogen) atoms. The van der Waals surface area contributed by atoms with E-state index in [4.69, 9.17) is 9.47 Å². The molecule has 2 aromatic rings. The number of nitrogens with zero attached hydrogens (tertiary/aromatic N) is 1. The Bertz CT molecular complexity index is 1030. The molecule has 1 fully saturated rings. The Balaban J connectivity index is 1.31. The molecule has 0 spiro atoms. The van der Waals surface area contributed by atoms with Gasteiger partial charge in [-0.1, -0.05) is 0 Å². The first-order chi connectivity index (χ1) is 14.4. The van der Waals surface area contributed by atoms with Gasteiger partial charge in [0, 0.05) is 36.5 Å². The largest absolute Gasteiger partial charge is 0.454 e. The lowest BCUT2D eigenvalue weighted by Crippen LogP contribution is -2.37. The summed E-state index contributed by atoms with van der Waals surface area (Å²) in [5.41, 5.74) is 0.661. The Kier molecular flexibility index (Phi) is 5.21. The summed E-state index contributed by atoms with van der Waals surface area (Å²) in [6, 6.07) is 8.01. The minimum Gasteiger partial charge on any atom is -0.454 e. The van der Waals surface area contributed by atoms with Crippen LogP contribution in [0.4, 0.5) is 20.2 Å². The van der Waals surface area contributed by atoms with Crippen LogP contribution < -0.4 is 25.0 Å². The second kappa shape index (κ2) is 7.97. The number of rotatable bonds is 5. The first kappa shape index (κ1) is 19.6. The molecule has 0 radical (unpaired) electrons. The first-order valence-corrected chi connectivity index (χ1v) is 9.13. The third kappa shape index (κ3) is 4.02. The average molecular weight is 417 g/mol. The second-order valence-corrected chi connectivity index (χ2v) is 6.84. The van der Waals surface area contributed by atoms with Crippen LogP contribution in [-0.4, -0.2) is 37.6 Å². The highest BCUT2D eigenvalue weighted by molar-refractivity contribution is 6.01. The zero-order valence-electron chi connectivity index (χ0n) is 15.6. The summed E-state index contributed by atoms with van der Waals surface area (Å²) in [6.45, 7) is -0.0912. The van der Waals surface area contributed by atoms with E-state index in [1.54, 1.807) is 18.2 Å². The minimum absolute atomic E-state index is 0.00503. The van der Waals surface area contributed by atoms with Crippen LogP contribution in [0.5, 0.6) is 11.5 Å². The lowest BCUT2D eigenvalue weighted by atomic mass is 10.1. The van der Waals surface area contributed by atoms with E-state index in [1.807, 2.05) is 0 Å². The maximum absolute atomic E-state index is 13.2. The number of anilines is 2. The number of benzene rings is 2. The van der Waals surface area contributed by atoms with E-state index < -0.39 is 29.4 Å². The van der Waals surface area contributed by atoms with Crippen molar-refractivity contribution in [1.82, 2.24) is 5.32 Å². The summed E-state index contributed by atoms with van der Waals surface area (Å²) in [5, 5.41) is 4.82. The molecule has 10 heteroatoms. The van der Waals surface area contributed by atoms with Crippen molar-refractivity contribution < 1.29 is 32.6 Å². The average Bonchev–Trinajstić information content (AvgIpc) is 3.34. The fourth-order valence-corrected chi connectivity index (χ4v) is 3.28. The van der Waals surface area contributed by atoms with Crippen molar-refractivity contribution in [1.29, 1.82) is 0 Å². The second-order valence-electron chi connectivity index (χ2n) is 6.84. The summed E-state index contributed by atoms with van der Waals surface area (Å²) in [7, 11) is 0. The van der Waals surface area contributed by atoms with Crippen molar-refractivity contribution in [3.63, 3.8) is 0 Å². The van der Waals surface area contributed by atoms with Gasteiger partial charge >= 0.3 is 0 Å². The number of halogens is 2. The minimum atomic E-state index is -1.09. The molecule has 3 amide bonds. The summed E-state index contributed by atoms with van der Waals surface area (Å²) in [4.78, 5) is 38.2. The van der Waals surface area contributed by atoms with Crippen LogP contribution in [0.25, 0.3) is 0 Å². The quantitative estimate of drug-likeness (QED) is 0.774. The molecule has 4 rings (SSSR count). The zero-order valence-corrected chi connectivity index (χ0v) is 15.6. The van der Waals surface area contributed by atoms with Crippen LogP contribution in [0.2, 0.25) is 0 Å². The lowest BCUT2D eigenvalue weighted by Gasteiger charge is -2.17. The number of carbonyl (C=O) groups is 3. The standard InChI is InChI=1S/C20H17F2N3O5/c21-14-3-1-12(6-15(14)22)24-18(26)8-23-20(28)11-5-19(27)25(9-11)13-2-4-16-17(7-13)30-10-29-16/h1-4,6-7,11H,5,8-10H2,(H,23,28)(H,24,26). The van der Waals surface area contributed by atoms with Crippen LogP contribution in [0.15, 0.2) is 36.4 Å². The van der Waals surface area contributed by atoms with Gasteiger partial charge in [-0.25, -0.2) is 8.78 Å². The van der Waals surface area contributed by atoms with E-state index in [1.165, 1.54) is 11.0 Å². The van der Waals surface area contributed by atoms with Gasteiger partial charge in [0.2, 0.25) is 24.5 Å². The fourth-order valence-electron chi connectivity index (χ4n) is 3.28. The maximum atomic E-state index is 13.2. The van der Waals surface area contributed by atoms with E-state index in [2.05, 4.69) is 10.6 Å². The van der Waals surface area contributed by atoms with Gasteiger partial charge in [-0.15, -0.1) is 0 Å². The lowest BCUT2D eigenvalue weighted by molar-refractivity contribution is -0.127.